The molecule has 0 aliphatic carbocycles. The number of nitrogens with zero attached hydrogens (tertiary/aromatic N) is 1. The van der Waals surface area contributed by atoms with Gasteiger partial charge in [0.25, 0.3) is 0 Å². The van der Waals surface area contributed by atoms with E-state index in [2.05, 4.69) is 11.8 Å². The van der Waals surface area contributed by atoms with E-state index in [9.17, 15) is 4.79 Å². The Hall–Kier alpha value is -0.610. The van der Waals surface area contributed by atoms with Gasteiger partial charge in [-0.05, 0) is 26.3 Å². The zero-order valence-corrected chi connectivity index (χ0v) is 11.2. The molecule has 0 spiro atoms. The Morgan fingerprint density at radius 2 is 2.29 bits per heavy atom. The zero-order valence-electron chi connectivity index (χ0n) is 11.2. The SMILES string of the molecule is CCCC1CC(N(C)CC(C)C(=O)O)CCO1. The minimum atomic E-state index is -0.714. The highest BCUT2D eigenvalue weighted by Crippen LogP contribution is 2.22. The normalized spacial score (nSPS) is 27.1. The molecule has 0 amide bonds. The number of carboxylic acids is 1. The summed E-state index contributed by atoms with van der Waals surface area (Å²) < 4.78 is 5.71. The highest BCUT2D eigenvalue weighted by atomic mass is 16.5. The smallest absolute Gasteiger partial charge is 0.307 e. The van der Waals surface area contributed by atoms with Crippen LogP contribution in [0.15, 0.2) is 0 Å². The molecule has 1 rings (SSSR count). The molecule has 0 aromatic heterocycles. The Bertz CT molecular complexity index is 243. The topological polar surface area (TPSA) is 49.8 Å². The van der Waals surface area contributed by atoms with Crippen LogP contribution in [0.5, 0.6) is 0 Å². The first kappa shape index (κ1) is 14.5. The number of rotatable bonds is 6. The third kappa shape index (κ3) is 4.64. The lowest BCUT2D eigenvalue weighted by atomic mass is 9.98. The second-order valence-electron chi connectivity index (χ2n) is 5.14. The van der Waals surface area contributed by atoms with E-state index in [0.29, 0.717) is 18.7 Å². The molecular formula is C13H25NO3. The number of carbonyl (C=O) groups is 1. The first-order valence-corrected chi connectivity index (χ1v) is 6.59. The van der Waals surface area contributed by atoms with Crippen LogP contribution in [0.3, 0.4) is 0 Å². The van der Waals surface area contributed by atoms with Crippen molar-refractivity contribution in [3.8, 4) is 0 Å². The minimum Gasteiger partial charge on any atom is -0.481 e. The van der Waals surface area contributed by atoms with Crippen molar-refractivity contribution in [3.05, 3.63) is 0 Å². The first-order valence-electron chi connectivity index (χ1n) is 6.59. The van der Waals surface area contributed by atoms with E-state index in [4.69, 9.17) is 9.84 Å². The summed E-state index contributed by atoms with van der Waals surface area (Å²) in [4.78, 5) is 13.0. The van der Waals surface area contributed by atoms with Gasteiger partial charge in [0.05, 0.1) is 12.0 Å². The molecule has 1 saturated heterocycles. The van der Waals surface area contributed by atoms with Gasteiger partial charge in [0.2, 0.25) is 0 Å². The van der Waals surface area contributed by atoms with Crippen molar-refractivity contribution in [2.24, 2.45) is 5.92 Å². The molecule has 0 saturated carbocycles. The first-order chi connectivity index (χ1) is 8.04. The standard InChI is InChI=1S/C13H25NO3/c1-4-5-12-8-11(6-7-17-12)14(3)9-10(2)13(15)16/h10-12H,4-9H2,1-3H3,(H,15,16). The molecule has 4 heteroatoms. The van der Waals surface area contributed by atoms with E-state index < -0.39 is 5.97 Å². The van der Waals surface area contributed by atoms with Crippen LogP contribution in [-0.4, -0.2) is 48.3 Å². The second-order valence-corrected chi connectivity index (χ2v) is 5.14. The van der Waals surface area contributed by atoms with Crippen molar-refractivity contribution in [2.45, 2.75) is 51.7 Å². The summed E-state index contributed by atoms with van der Waals surface area (Å²) in [5.74, 6) is -1.01. The maximum absolute atomic E-state index is 10.8. The largest absolute Gasteiger partial charge is 0.481 e. The van der Waals surface area contributed by atoms with Crippen LogP contribution < -0.4 is 0 Å². The molecule has 0 bridgehead atoms. The van der Waals surface area contributed by atoms with Gasteiger partial charge in [-0.1, -0.05) is 20.3 Å². The van der Waals surface area contributed by atoms with Gasteiger partial charge in [0, 0.05) is 19.2 Å². The Balaban J connectivity index is 2.40. The maximum atomic E-state index is 10.8. The van der Waals surface area contributed by atoms with Crippen molar-refractivity contribution in [1.29, 1.82) is 0 Å². The quantitative estimate of drug-likeness (QED) is 0.775. The van der Waals surface area contributed by atoms with Crippen molar-refractivity contribution >= 4 is 5.97 Å². The molecule has 0 radical (unpaired) electrons. The molecule has 100 valence electrons. The van der Waals surface area contributed by atoms with Gasteiger partial charge < -0.3 is 14.7 Å². The Kier molecular flexibility index (Phi) is 5.92. The molecule has 0 aromatic carbocycles. The van der Waals surface area contributed by atoms with E-state index in [0.717, 1.165) is 32.3 Å². The summed E-state index contributed by atoms with van der Waals surface area (Å²) in [7, 11) is 2.03. The predicted molar refractivity (Wildman–Crippen MR) is 67.1 cm³/mol. The predicted octanol–water partition coefficient (Wildman–Crippen LogP) is 1.99. The molecular weight excluding hydrogens is 218 g/mol. The zero-order chi connectivity index (χ0) is 12.8. The van der Waals surface area contributed by atoms with E-state index in [1.807, 2.05) is 7.05 Å². The lowest BCUT2D eigenvalue weighted by Gasteiger charge is -2.36. The summed E-state index contributed by atoms with van der Waals surface area (Å²) in [6, 6.07) is 0.474. The molecule has 0 aromatic rings. The van der Waals surface area contributed by atoms with Gasteiger partial charge in [0.1, 0.15) is 0 Å². The van der Waals surface area contributed by atoms with Crippen LogP contribution in [0.4, 0.5) is 0 Å². The summed E-state index contributed by atoms with van der Waals surface area (Å²) >= 11 is 0. The Morgan fingerprint density at radius 1 is 1.59 bits per heavy atom. The molecule has 1 fully saturated rings. The maximum Gasteiger partial charge on any atom is 0.307 e. The minimum absolute atomic E-state index is 0.299. The van der Waals surface area contributed by atoms with E-state index in [1.165, 1.54) is 0 Å². The van der Waals surface area contributed by atoms with Crippen molar-refractivity contribution in [3.63, 3.8) is 0 Å². The highest BCUT2D eigenvalue weighted by molar-refractivity contribution is 5.69. The lowest BCUT2D eigenvalue weighted by Crippen LogP contribution is -2.42. The number of hydrogen-bond acceptors (Lipinski definition) is 3. The van der Waals surface area contributed by atoms with Gasteiger partial charge in [-0.25, -0.2) is 0 Å². The van der Waals surface area contributed by atoms with Gasteiger partial charge in [-0.2, -0.15) is 0 Å². The fourth-order valence-electron chi connectivity index (χ4n) is 2.44. The monoisotopic (exact) mass is 243 g/mol. The summed E-state index contributed by atoms with van der Waals surface area (Å²) in [6.45, 7) is 5.37. The Morgan fingerprint density at radius 3 is 2.88 bits per heavy atom. The van der Waals surface area contributed by atoms with Gasteiger partial charge in [-0.3, -0.25) is 4.79 Å². The van der Waals surface area contributed by atoms with Crippen LogP contribution in [0.25, 0.3) is 0 Å². The number of aliphatic carboxylic acids is 1. The third-order valence-electron chi connectivity index (χ3n) is 3.56. The lowest BCUT2D eigenvalue weighted by molar-refractivity contribution is -0.142. The fourth-order valence-corrected chi connectivity index (χ4v) is 2.44. The molecule has 1 aliphatic heterocycles. The average Bonchev–Trinajstić information content (AvgIpc) is 2.29. The van der Waals surface area contributed by atoms with Gasteiger partial charge >= 0.3 is 5.97 Å². The number of ether oxygens (including phenoxy) is 1. The molecule has 1 aliphatic rings. The fraction of sp³-hybridized carbons (Fsp3) is 0.923. The van der Waals surface area contributed by atoms with Gasteiger partial charge in [0.15, 0.2) is 0 Å². The summed E-state index contributed by atoms with van der Waals surface area (Å²) in [5, 5.41) is 8.91. The van der Waals surface area contributed by atoms with Crippen molar-refractivity contribution in [1.82, 2.24) is 4.90 Å². The molecule has 4 nitrogen and oxygen atoms in total. The number of hydrogen-bond donors (Lipinski definition) is 1. The average molecular weight is 243 g/mol. The van der Waals surface area contributed by atoms with Gasteiger partial charge in [-0.15, -0.1) is 0 Å². The van der Waals surface area contributed by atoms with Crippen molar-refractivity contribution < 1.29 is 14.6 Å². The van der Waals surface area contributed by atoms with E-state index >= 15 is 0 Å². The van der Waals surface area contributed by atoms with Crippen LogP contribution in [0.2, 0.25) is 0 Å². The van der Waals surface area contributed by atoms with Crippen LogP contribution in [0.1, 0.15) is 39.5 Å². The number of carboxylic acid groups (broad SMARTS) is 1. The third-order valence-corrected chi connectivity index (χ3v) is 3.56. The highest BCUT2D eigenvalue weighted by Gasteiger charge is 2.26. The van der Waals surface area contributed by atoms with E-state index in [-0.39, 0.29) is 5.92 Å². The van der Waals surface area contributed by atoms with Crippen LogP contribution >= 0.6 is 0 Å². The van der Waals surface area contributed by atoms with E-state index in [1.54, 1.807) is 6.92 Å². The van der Waals surface area contributed by atoms with Crippen molar-refractivity contribution in [2.75, 3.05) is 20.2 Å². The summed E-state index contributed by atoms with van der Waals surface area (Å²) in [5.41, 5.74) is 0. The molecule has 17 heavy (non-hydrogen) atoms. The van der Waals surface area contributed by atoms with Crippen LogP contribution in [-0.2, 0) is 9.53 Å². The molecule has 3 atom stereocenters. The molecule has 1 N–H and O–H groups in total. The van der Waals surface area contributed by atoms with Crippen LogP contribution in [0, 0.1) is 5.92 Å². The molecule has 1 heterocycles. The summed E-state index contributed by atoms with van der Waals surface area (Å²) in [6.07, 6.45) is 4.67. The molecule has 3 unspecified atom stereocenters. The Labute approximate surface area is 104 Å². The second kappa shape index (κ2) is 6.97.